The number of aryl methyl sites for hydroxylation is 1. The number of amides is 2. The normalized spacial score (nSPS) is 12.5. The fraction of sp³-hybridized carbons (Fsp3) is 0.238. The monoisotopic (exact) mass is 416 g/mol. The summed E-state index contributed by atoms with van der Waals surface area (Å²) in [6.45, 7) is 2.72. The molecule has 0 atom stereocenters. The predicted octanol–water partition coefficient (Wildman–Crippen LogP) is 2.91. The van der Waals surface area contributed by atoms with Crippen molar-refractivity contribution in [3.05, 3.63) is 58.6 Å². The van der Waals surface area contributed by atoms with Crippen LogP contribution in [0.1, 0.15) is 18.1 Å². The number of carbonyl (C=O) groups is 2. The van der Waals surface area contributed by atoms with Gasteiger partial charge in [-0.3, -0.25) is 20.4 Å². The van der Waals surface area contributed by atoms with Gasteiger partial charge in [-0.1, -0.05) is 30.7 Å². The van der Waals surface area contributed by atoms with Crippen LogP contribution in [0.25, 0.3) is 6.08 Å². The molecule has 2 N–H and O–H groups in total. The molecule has 29 heavy (non-hydrogen) atoms. The number of nitrogens with one attached hydrogen (secondary N) is 2. The van der Waals surface area contributed by atoms with E-state index in [1.165, 1.54) is 11.6 Å². The van der Waals surface area contributed by atoms with Gasteiger partial charge >= 0.3 is 0 Å². The summed E-state index contributed by atoms with van der Waals surface area (Å²) in [6.07, 6.45) is 3.75. The number of carbonyl (C=O) groups excluding carboxylic acids is 2. The van der Waals surface area contributed by atoms with Crippen LogP contribution < -0.4 is 25.1 Å². The number of ether oxygens (including phenoxy) is 3. The first kappa shape index (κ1) is 20.5. The molecule has 152 valence electrons. The average molecular weight is 417 g/mol. The summed E-state index contributed by atoms with van der Waals surface area (Å²) >= 11 is 6.16. The van der Waals surface area contributed by atoms with Gasteiger partial charge < -0.3 is 14.2 Å². The fourth-order valence-corrected chi connectivity index (χ4v) is 2.85. The molecular weight excluding hydrogens is 396 g/mol. The van der Waals surface area contributed by atoms with Crippen molar-refractivity contribution in [3.8, 4) is 17.2 Å². The van der Waals surface area contributed by atoms with E-state index in [-0.39, 0.29) is 6.61 Å². The number of halogens is 1. The molecule has 0 unspecified atom stereocenters. The largest absolute Gasteiger partial charge is 0.486 e. The third-order valence-corrected chi connectivity index (χ3v) is 4.35. The quantitative estimate of drug-likeness (QED) is 0.558. The van der Waals surface area contributed by atoms with Crippen molar-refractivity contribution in [2.45, 2.75) is 13.3 Å². The van der Waals surface area contributed by atoms with E-state index in [1.54, 1.807) is 30.3 Å². The third-order valence-electron chi connectivity index (χ3n) is 4.07. The van der Waals surface area contributed by atoms with E-state index in [2.05, 4.69) is 17.8 Å². The van der Waals surface area contributed by atoms with Crippen molar-refractivity contribution >= 4 is 29.5 Å². The minimum absolute atomic E-state index is 0.215. The van der Waals surface area contributed by atoms with Gasteiger partial charge in [0, 0.05) is 6.08 Å². The van der Waals surface area contributed by atoms with Crippen LogP contribution in [0, 0.1) is 0 Å². The van der Waals surface area contributed by atoms with Gasteiger partial charge in [-0.2, -0.15) is 0 Å². The summed E-state index contributed by atoms with van der Waals surface area (Å²) in [5, 5.41) is 0.402. The van der Waals surface area contributed by atoms with Crippen LogP contribution in [0.2, 0.25) is 5.02 Å². The van der Waals surface area contributed by atoms with Crippen LogP contribution in [-0.4, -0.2) is 31.6 Å². The number of fused-ring (bicyclic) bond motifs is 1. The molecule has 0 aromatic heterocycles. The standard InChI is InChI=1S/C21H21ClN2O5/c1-2-14-3-6-16(7-4-14)29-13-20(26)24-23-19(25)8-5-15-11-17(22)21-18(12-15)27-9-10-28-21/h3-8,11-12H,2,9-10,13H2,1H3,(H,23,25)(H,24,26)/b8-5+. The van der Waals surface area contributed by atoms with Gasteiger partial charge in [-0.25, -0.2) is 0 Å². The lowest BCUT2D eigenvalue weighted by Crippen LogP contribution is -2.43. The number of hydrogen-bond donors (Lipinski definition) is 2. The van der Waals surface area contributed by atoms with Crippen molar-refractivity contribution in [3.63, 3.8) is 0 Å². The molecule has 0 radical (unpaired) electrons. The second kappa shape index (κ2) is 9.84. The molecule has 0 fully saturated rings. The lowest BCUT2D eigenvalue weighted by atomic mass is 10.1. The van der Waals surface area contributed by atoms with E-state index in [0.29, 0.717) is 41.0 Å². The third kappa shape index (κ3) is 5.89. The molecule has 1 aliphatic heterocycles. The Balaban J connectivity index is 1.45. The minimum Gasteiger partial charge on any atom is -0.486 e. The molecule has 3 rings (SSSR count). The van der Waals surface area contributed by atoms with Crippen molar-refractivity contribution in [1.29, 1.82) is 0 Å². The predicted molar refractivity (Wildman–Crippen MR) is 109 cm³/mol. The Morgan fingerprint density at radius 1 is 1.14 bits per heavy atom. The molecule has 0 saturated heterocycles. The molecule has 0 spiro atoms. The highest BCUT2D eigenvalue weighted by Gasteiger charge is 2.16. The summed E-state index contributed by atoms with van der Waals surface area (Å²) in [7, 11) is 0. The summed E-state index contributed by atoms with van der Waals surface area (Å²) in [5.74, 6) is 0.627. The number of rotatable bonds is 6. The Morgan fingerprint density at radius 2 is 1.90 bits per heavy atom. The van der Waals surface area contributed by atoms with Crippen molar-refractivity contribution in [1.82, 2.24) is 10.9 Å². The number of hydrazine groups is 1. The van der Waals surface area contributed by atoms with Gasteiger partial charge in [0.25, 0.3) is 11.8 Å². The maximum Gasteiger partial charge on any atom is 0.276 e. The summed E-state index contributed by atoms with van der Waals surface area (Å²) in [6, 6.07) is 10.8. The molecule has 1 aliphatic rings. The second-order valence-electron chi connectivity index (χ2n) is 6.18. The molecule has 2 aromatic rings. The van der Waals surface area contributed by atoms with E-state index in [1.807, 2.05) is 12.1 Å². The maximum atomic E-state index is 11.9. The molecular formula is C21H21ClN2O5. The lowest BCUT2D eigenvalue weighted by molar-refractivity contribution is -0.128. The smallest absolute Gasteiger partial charge is 0.276 e. The van der Waals surface area contributed by atoms with Crippen LogP contribution >= 0.6 is 11.6 Å². The molecule has 1 heterocycles. The summed E-state index contributed by atoms with van der Waals surface area (Å²) in [4.78, 5) is 23.7. The fourth-order valence-electron chi connectivity index (χ4n) is 2.58. The maximum absolute atomic E-state index is 11.9. The van der Waals surface area contributed by atoms with Gasteiger partial charge in [0.05, 0.1) is 5.02 Å². The Hall–Kier alpha value is -3.19. The number of benzene rings is 2. The van der Waals surface area contributed by atoms with Gasteiger partial charge in [-0.15, -0.1) is 0 Å². The van der Waals surface area contributed by atoms with Gasteiger partial charge in [0.1, 0.15) is 19.0 Å². The second-order valence-corrected chi connectivity index (χ2v) is 6.59. The van der Waals surface area contributed by atoms with Gasteiger partial charge in [0.2, 0.25) is 0 Å². The van der Waals surface area contributed by atoms with E-state index in [0.717, 1.165) is 6.42 Å². The molecule has 7 nitrogen and oxygen atoms in total. The zero-order valence-corrected chi connectivity index (χ0v) is 16.6. The first-order chi connectivity index (χ1) is 14.0. The topological polar surface area (TPSA) is 85.9 Å². The van der Waals surface area contributed by atoms with Crippen molar-refractivity contribution in [2.24, 2.45) is 0 Å². The average Bonchev–Trinajstić information content (AvgIpc) is 2.75. The Bertz CT molecular complexity index is 912. The van der Waals surface area contributed by atoms with Crippen LogP contribution in [-0.2, 0) is 16.0 Å². The zero-order valence-electron chi connectivity index (χ0n) is 15.9. The molecule has 0 saturated carbocycles. The highest BCUT2D eigenvalue weighted by atomic mass is 35.5. The lowest BCUT2D eigenvalue weighted by Gasteiger charge is -2.19. The highest BCUT2D eigenvalue weighted by Crippen LogP contribution is 2.38. The molecule has 2 amide bonds. The van der Waals surface area contributed by atoms with Crippen LogP contribution in [0.15, 0.2) is 42.5 Å². The molecule has 2 aromatic carbocycles. The highest BCUT2D eigenvalue weighted by molar-refractivity contribution is 6.32. The summed E-state index contributed by atoms with van der Waals surface area (Å²) in [5.41, 5.74) is 6.42. The van der Waals surface area contributed by atoms with Gasteiger partial charge in [-0.05, 0) is 47.9 Å². The molecule has 8 heteroatoms. The van der Waals surface area contributed by atoms with Crippen LogP contribution in [0.4, 0.5) is 0 Å². The van der Waals surface area contributed by atoms with Crippen LogP contribution in [0.5, 0.6) is 17.2 Å². The van der Waals surface area contributed by atoms with E-state index in [4.69, 9.17) is 25.8 Å². The molecule has 0 aliphatic carbocycles. The first-order valence-corrected chi connectivity index (χ1v) is 9.50. The molecule has 0 bridgehead atoms. The SMILES string of the molecule is CCc1ccc(OCC(=O)NNC(=O)/C=C/c2cc(Cl)c3c(c2)OCCO3)cc1. The number of hydrogen-bond acceptors (Lipinski definition) is 5. The van der Waals surface area contributed by atoms with E-state index < -0.39 is 11.8 Å². The van der Waals surface area contributed by atoms with E-state index in [9.17, 15) is 9.59 Å². The summed E-state index contributed by atoms with van der Waals surface area (Å²) < 4.78 is 16.3. The van der Waals surface area contributed by atoms with Crippen molar-refractivity contribution < 1.29 is 23.8 Å². The minimum atomic E-state index is -0.503. The van der Waals surface area contributed by atoms with Crippen LogP contribution in [0.3, 0.4) is 0 Å². The Kier molecular flexibility index (Phi) is 6.97. The zero-order chi connectivity index (χ0) is 20.6. The van der Waals surface area contributed by atoms with E-state index >= 15 is 0 Å². The van der Waals surface area contributed by atoms with Gasteiger partial charge in [0.15, 0.2) is 18.1 Å². The Morgan fingerprint density at radius 3 is 2.66 bits per heavy atom. The van der Waals surface area contributed by atoms with Crippen molar-refractivity contribution in [2.75, 3.05) is 19.8 Å². The Labute approximate surface area is 173 Å². The first-order valence-electron chi connectivity index (χ1n) is 9.13.